The highest BCUT2D eigenvalue weighted by atomic mass is 32.1. The maximum absolute atomic E-state index is 12.7. The molecule has 2 aromatic heterocycles. The standard InChI is InChI=1S/C23H19N3O4S/c1-14-4-6-16(7-5-14)9-11-21-24-23-26(25-21)22(28)20(31-23)13-17-8-10-18(30-15(2)27)19(12-17)29-3/h4-13H,1-3H3. The van der Waals surface area contributed by atoms with E-state index in [9.17, 15) is 9.59 Å². The molecule has 0 fully saturated rings. The molecular weight excluding hydrogens is 414 g/mol. The molecule has 0 aliphatic heterocycles. The van der Waals surface area contributed by atoms with Gasteiger partial charge in [-0.25, -0.2) is 0 Å². The molecule has 0 radical (unpaired) electrons. The normalized spacial score (nSPS) is 12.0. The lowest BCUT2D eigenvalue weighted by atomic mass is 10.1. The Morgan fingerprint density at radius 1 is 1.06 bits per heavy atom. The second-order valence-corrected chi connectivity index (χ2v) is 7.84. The van der Waals surface area contributed by atoms with Crippen LogP contribution in [0.2, 0.25) is 0 Å². The fraction of sp³-hybridized carbons (Fsp3) is 0.130. The summed E-state index contributed by atoms with van der Waals surface area (Å²) in [4.78, 5) is 28.9. The molecule has 7 nitrogen and oxygen atoms in total. The number of hydrogen-bond donors (Lipinski definition) is 0. The van der Waals surface area contributed by atoms with Crippen molar-refractivity contribution in [2.24, 2.45) is 0 Å². The van der Waals surface area contributed by atoms with Crippen molar-refractivity contribution in [2.45, 2.75) is 13.8 Å². The van der Waals surface area contributed by atoms with E-state index in [1.54, 1.807) is 30.4 Å². The van der Waals surface area contributed by atoms with Crippen LogP contribution in [0.5, 0.6) is 11.5 Å². The zero-order chi connectivity index (χ0) is 22.0. The number of carbonyl (C=O) groups excluding carboxylic acids is 1. The Morgan fingerprint density at radius 3 is 2.48 bits per heavy atom. The average Bonchev–Trinajstić information content (AvgIpc) is 3.27. The van der Waals surface area contributed by atoms with E-state index in [0.29, 0.717) is 26.8 Å². The van der Waals surface area contributed by atoms with Gasteiger partial charge in [0.05, 0.1) is 11.6 Å². The lowest BCUT2D eigenvalue weighted by Gasteiger charge is -2.08. The Bertz CT molecular complexity index is 1400. The first-order valence-corrected chi connectivity index (χ1v) is 10.3. The highest BCUT2D eigenvalue weighted by molar-refractivity contribution is 7.15. The molecule has 0 spiro atoms. The van der Waals surface area contributed by atoms with Crippen LogP contribution in [0.25, 0.3) is 23.2 Å². The number of thiazole rings is 1. The van der Waals surface area contributed by atoms with Gasteiger partial charge in [0.15, 0.2) is 17.3 Å². The first-order valence-electron chi connectivity index (χ1n) is 9.45. The van der Waals surface area contributed by atoms with E-state index in [1.807, 2.05) is 37.3 Å². The van der Waals surface area contributed by atoms with Crippen molar-refractivity contribution in [1.29, 1.82) is 0 Å². The summed E-state index contributed by atoms with van der Waals surface area (Å²) >= 11 is 1.25. The minimum Gasteiger partial charge on any atom is -0.493 e. The van der Waals surface area contributed by atoms with Crippen LogP contribution in [0.3, 0.4) is 0 Å². The molecular formula is C23H19N3O4S. The van der Waals surface area contributed by atoms with Crippen molar-refractivity contribution in [2.75, 3.05) is 7.11 Å². The molecule has 4 aromatic rings. The lowest BCUT2D eigenvalue weighted by molar-refractivity contribution is -0.132. The SMILES string of the molecule is COc1cc(C=c2sc3nc(C=Cc4ccc(C)cc4)nn3c2=O)ccc1OC(C)=O. The molecule has 0 aliphatic carbocycles. The average molecular weight is 433 g/mol. The number of carbonyl (C=O) groups is 1. The quantitative estimate of drug-likeness (QED) is 0.355. The van der Waals surface area contributed by atoms with Crippen LogP contribution in [0.15, 0.2) is 47.3 Å². The fourth-order valence-electron chi connectivity index (χ4n) is 2.93. The van der Waals surface area contributed by atoms with E-state index in [-0.39, 0.29) is 5.56 Å². The summed E-state index contributed by atoms with van der Waals surface area (Å²) < 4.78 is 12.2. The topological polar surface area (TPSA) is 82.8 Å². The largest absolute Gasteiger partial charge is 0.493 e. The van der Waals surface area contributed by atoms with Crippen molar-refractivity contribution in [1.82, 2.24) is 14.6 Å². The number of esters is 1. The maximum Gasteiger partial charge on any atom is 0.308 e. The smallest absolute Gasteiger partial charge is 0.308 e. The number of hydrogen-bond acceptors (Lipinski definition) is 7. The molecule has 0 aliphatic rings. The lowest BCUT2D eigenvalue weighted by Crippen LogP contribution is -2.23. The Balaban J connectivity index is 1.63. The predicted molar refractivity (Wildman–Crippen MR) is 120 cm³/mol. The third-order valence-electron chi connectivity index (χ3n) is 4.44. The highest BCUT2D eigenvalue weighted by Gasteiger charge is 2.11. The van der Waals surface area contributed by atoms with Gasteiger partial charge in [0.2, 0.25) is 4.96 Å². The Morgan fingerprint density at radius 2 is 1.81 bits per heavy atom. The van der Waals surface area contributed by atoms with Gasteiger partial charge in [-0.15, -0.1) is 5.10 Å². The summed E-state index contributed by atoms with van der Waals surface area (Å²) in [6.45, 7) is 3.36. The number of methoxy groups -OCH3 is 1. The van der Waals surface area contributed by atoms with Crippen LogP contribution in [-0.2, 0) is 4.79 Å². The Hall–Kier alpha value is -3.78. The fourth-order valence-corrected chi connectivity index (χ4v) is 3.85. The minimum atomic E-state index is -0.435. The highest BCUT2D eigenvalue weighted by Crippen LogP contribution is 2.28. The van der Waals surface area contributed by atoms with Crippen LogP contribution >= 0.6 is 11.3 Å². The van der Waals surface area contributed by atoms with Crippen molar-refractivity contribution >= 4 is 40.5 Å². The van der Waals surface area contributed by atoms with Crippen LogP contribution in [-0.4, -0.2) is 27.7 Å². The second kappa shape index (κ2) is 8.53. The summed E-state index contributed by atoms with van der Waals surface area (Å²) in [5, 5.41) is 4.30. The summed E-state index contributed by atoms with van der Waals surface area (Å²) in [6.07, 6.45) is 5.42. The van der Waals surface area contributed by atoms with Gasteiger partial charge in [-0.3, -0.25) is 9.59 Å². The van der Waals surface area contributed by atoms with Gasteiger partial charge in [-0.2, -0.15) is 9.50 Å². The van der Waals surface area contributed by atoms with Crippen molar-refractivity contribution < 1.29 is 14.3 Å². The van der Waals surface area contributed by atoms with Crippen molar-refractivity contribution in [3.63, 3.8) is 0 Å². The van der Waals surface area contributed by atoms with Gasteiger partial charge in [0.25, 0.3) is 5.56 Å². The number of aromatic nitrogens is 3. The Labute approximate surface area is 181 Å². The summed E-state index contributed by atoms with van der Waals surface area (Å²) in [6, 6.07) is 13.2. The molecule has 2 aromatic carbocycles. The third-order valence-corrected chi connectivity index (χ3v) is 5.40. The zero-order valence-electron chi connectivity index (χ0n) is 17.2. The summed E-state index contributed by atoms with van der Waals surface area (Å²) in [5.74, 6) is 0.763. The molecule has 2 heterocycles. The molecule has 8 heteroatoms. The number of nitrogens with zero attached hydrogens (tertiary/aromatic N) is 3. The number of aryl methyl sites for hydroxylation is 1. The molecule has 31 heavy (non-hydrogen) atoms. The minimum absolute atomic E-state index is 0.245. The van der Waals surface area contributed by atoms with Crippen LogP contribution in [0.1, 0.15) is 29.4 Å². The summed E-state index contributed by atoms with van der Waals surface area (Å²) in [7, 11) is 1.49. The van der Waals surface area contributed by atoms with Gasteiger partial charge in [-0.1, -0.05) is 53.3 Å². The molecule has 156 valence electrons. The number of rotatable bonds is 5. The second-order valence-electron chi connectivity index (χ2n) is 6.83. The predicted octanol–water partition coefficient (Wildman–Crippen LogP) is 3.11. The van der Waals surface area contributed by atoms with E-state index in [1.165, 1.54) is 35.4 Å². The first-order chi connectivity index (χ1) is 14.9. The van der Waals surface area contributed by atoms with Crippen molar-refractivity contribution in [3.05, 3.63) is 79.9 Å². The summed E-state index contributed by atoms with van der Waals surface area (Å²) in [5.41, 5.74) is 2.71. The number of fused-ring (bicyclic) bond motifs is 1. The third kappa shape index (κ3) is 4.54. The monoisotopic (exact) mass is 433 g/mol. The Kier molecular flexibility index (Phi) is 5.64. The molecule has 0 saturated carbocycles. The van der Waals surface area contributed by atoms with E-state index < -0.39 is 5.97 Å². The van der Waals surface area contributed by atoms with E-state index in [4.69, 9.17) is 9.47 Å². The molecule has 0 atom stereocenters. The molecule has 0 N–H and O–H groups in total. The van der Waals surface area contributed by atoms with Gasteiger partial charge >= 0.3 is 5.97 Å². The van der Waals surface area contributed by atoms with Gasteiger partial charge < -0.3 is 9.47 Å². The first kappa shape index (κ1) is 20.5. The van der Waals surface area contributed by atoms with Crippen LogP contribution in [0, 0.1) is 6.92 Å². The number of ether oxygens (including phenoxy) is 2. The number of benzene rings is 2. The van der Waals surface area contributed by atoms with Gasteiger partial charge in [-0.05, 0) is 42.3 Å². The molecule has 0 bridgehead atoms. The van der Waals surface area contributed by atoms with E-state index in [2.05, 4.69) is 10.1 Å². The van der Waals surface area contributed by atoms with E-state index >= 15 is 0 Å². The molecule has 0 unspecified atom stereocenters. The van der Waals surface area contributed by atoms with Gasteiger partial charge in [0.1, 0.15) is 0 Å². The van der Waals surface area contributed by atoms with Crippen molar-refractivity contribution in [3.8, 4) is 11.5 Å². The molecule has 0 amide bonds. The molecule has 0 saturated heterocycles. The zero-order valence-corrected chi connectivity index (χ0v) is 18.0. The maximum atomic E-state index is 12.7. The van der Waals surface area contributed by atoms with Crippen LogP contribution in [0.4, 0.5) is 0 Å². The molecule has 4 rings (SSSR count). The van der Waals surface area contributed by atoms with Gasteiger partial charge in [0, 0.05) is 6.92 Å². The van der Waals surface area contributed by atoms with E-state index in [0.717, 1.165) is 11.1 Å². The van der Waals surface area contributed by atoms with Crippen LogP contribution < -0.4 is 19.6 Å².